The molecule has 0 unspecified atom stereocenters. The third-order valence-electron chi connectivity index (χ3n) is 4.77. The third kappa shape index (κ3) is 3.03. The Kier molecular flexibility index (Phi) is 4.12. The predicted octanol–water partition coefficient (Wildman–Crippen LogP) is 1.83. The molecule has 1 amide bonds. The number of imidazole rings is 1. The van der Waals surface area contributed by atoms with Crippen LogP contribution in [0.4, 0.5) is 5.69 Å². The van der Waals surface area contributed by atoms with Crippen LogP contribution in [-0.4, -0.2) is 54.1 Å². The van der Waals surface area contributed by atoms with Gasteiger partial charge in [-0.15, -0.1) is 0 Å². The van der Waals surface area contributed by atoms with Crippen LogP contribution in [-0.2, 0) is 0 Å². The molecule has 7 heteroatoms. The van der Waals surface area contributed by atoms with Crippen LogP contribution in [0.3, 0.4) is 0 Å². The monoisotopic (exact) mass is 352 g/mol. The first-order valence-electron chi connectivity index (χ1n) is 8.54. The Labute approximate surface area is 150 Å². The van der Waals surface area contributed by atoms with E-state index in [-0.39, 0.29) is 11.6 Å². The van der Waals surface area contributed by atoms with Gasteiger partial charge in [-0.3, -0.25) is 4.79 Å². The van der Waals surface area contributed by atoms with E-state index in [1.165, 1.54) is 0 Å². The number of aromatic nitrogens is 2. The summed E-state index contributed by atoms with van der Waals surface area (Å²) < 4.78 is 5.13. The van der Waals surface area contributed by atoms with Crippen molar-refractivity contribution in [3.05, 3.63) is 58.5 Å². The van der Waals surface area contributed by atoms with E-state index in [0.717, 1.165) is 35.6 Å². The molecule has 1 aromatic heterocycles. The first-order chi connectivity index (χ1) is 12.6. The number of methoxy groups -OCH3 is 1. The van der Waals surface area contributed by atoms with Gasteiger partial charge in [0.25, 0.3) is 5.91 Å². The zero-order valence-corrected chi connectivity index (χ0v) is 14.5. The fraction of sp³-hybridized carbons (Fsp3) is 0.263. The van der Waals surface area contributed by atoms with Crippen molar-refractivity contribution in [2.75, 3.05) is 38.2 Å². The highest BCUT2D eigenvalue weighted by atomic mass is 16.5. The summed E-state index contributed by atoms with van der Waals surface area (Å²) in [6, 6.07) is 13.1. The Morgan fingerprint density at radius 1 is 0.962 bits per heavy atom. The lowest BCUT2D eigenvalue weighted by Crippen LogP contribution is -2.48. The molecule has 0 atom stereocenters. The molecule has 0 radical (unpaired) electrons. The number of carbonyl (C=O) groups excluding carboxylic acids is 1. The van der Waals surface area contributed by atoms with Crippen molar-refractivity contribution in [3.63, 3.8) is 0 Å². The van der Waals surface area contributed by atoms with E-state index in [0.29, 0.717) is 18.7 Å². The van der Waals surface area contributed by atoms with E-state index in [9.17, 15) is 9.59 Å². The number of benzene rings is 2. The van der Waals surface area contributed by atoms with E-state index >= 15 is 0 Å². The van der Waals surface area contributed by atoms with Crippen LogP contribution in [0.5, 0.6) is 5.75 Å². The molecule has 2 aromatic carbocycles. The summed E-state index contributed by atoms with van der Waals surface area (Å²) in [5.74, 6) is 0.780. The topological polar surface area (TPSA) is 81.4 Å². The molecule has 1 aliphatic rings. The number of aromatic amines is 2. The summed E-state index contributed by atoms with van der Waals surface area (Å²) in [5, 5.41) is 0. The number of fused-ring (bicyclic) bond motifs is 1. The number of nitrogens with one attached hydrogen (secondary N) is 2. The summed E-state index contributed by atoms with van der Waals surface area (Å²) in [4.78, 5) is 33.7. The largest absolute Gasteiger partial charge is 0.497 e. The molecular formula is C19H20N4O3. The number of rotatable bonds is 3. The number of hydrogen-bond acceptors (Lipinski definition) is 4. The molecule has 134 valence electrons. The number of ether oxygens (including phenoxy) is 1. The molecule has 2 N–H and O–H groups in total. The van der Waals surface area contributed by atoms with E-state index < -0.39 is 0 Å². The number of H-pyrrole nitrogens is 2. The highest BCUT2D eigenvalue weighted by Crippen LogP contribution is 2.21. The highest BCUT2D eigenvalue weighted by Gasteiger charge is 2.22. The van der Waals surface area contributed by atoms with Gasteiger partial charge < -0.3 is 24.5 Å². The number of nitrogens with zero attached hydrogens (tertiary/aromatic N) is 2. The second kappa shape index (κ2) is 6.59. The predicted molar refractivity (Wildman–Crippen MR) is 100 cm³/mol. The minimum absolute atomic E-state index is 0.0396. The first kappa shape index (κ1) is 16.3. The molecule has 1 aliphatic heterocycles. The van der Waals surface area contributed by atoms with E-state index in [1.54, 1.807) is 31.4 Å². The van der Waals surface area contributed by atoms with Crippen LogP contribution in [0.25, 0.3) is 11.0 Å². The van der Waals surface area contributed by atoms with Crippen molar-refractivity contribution in [3.8, 4) is 5.75 Å². The Hall–Kier alpha value is -3.22. The molecular weight excluding hydrogens is 332 g/mol. The quantitative estimate of drug-likeness (QED) is 0.753. The smallest absolute Gasteiger partial charge is 0.323 e. The maximum Gasteiger partial charge on any atom is 0.323 e. The SMILES string of the molecule is COc1ccc(C(=O)N2CCN(c3ccc4[nH]c(=O)[nH]c4c3)CC2)cc1. The lowest BCUT2D eigenvalue weighted by atomic mass is 10.1. The second-order valence-electron chi connectivity index (χ2n) is 6.32. The lowest BCUT2D eigenvalue weighted by molar-refractivity contribution is 0.0747. The zero-order chi connectivity index (χ0) is 18.1. The molecule has 26 heavy (non-hydrogen) atoms. The fourth-order valence-corrected chi connectivity index (χ4v) is 3.30. The average Bonchev–Trinajstić information content (AvgIpc) is 3.07. The van der Waals surface area contributed by atoms with Crippen LogP contribution in [0.1, 0.15) is 10.4 Å². The maximum absolute atomic E-state index is 12.6. The van der Waals surface area contributed by atoms with Crippen LogP contribution in [0, 0.1) is 0 Å². The Bertz CT molecular complexity index is 982. The van der Waals surface area contributed by atoms with Crippen molar-refractivity contribution in [2.24, 2.45) is 0 Å². The minimum atomic E-state index is -0.202. The van der Waals surface area contributed by atoms with E-state index in [1.807, 2.05) is 23.1 Å². The molecule has 3 aromatic rings. The standard InChI is InChI=1S/C19H20N4O3/c1-26-15-5-2-13(3-6-15)18(24)23-10-8-22(9-11-23)14-4-7-16-17(12-14)21-19(25)20-16/h2-7,12H,8-11H2,1H3,(H2,20,21,25). The van der Waals surface area contributed by atoms with Gasteiger partial charge in [0.2, 0.25) is 0 Å². The third-order valence-corrected chi connectivity index (χ3v) is 4.77. The fourth-order valence-electron chi connectivity index (χ4n) is 3.30. The number of carbonyl (C=O) groups is 1. The highest BCUT2D eigenvalue weighted by molar-refractivity contribution is 5.94. The normalized spacial score (nSPS) is 14.7. The Morgan fingerprint density at radius 3 is 2.35 bits per heavy atom. The molecule has 2 heterocycles. The molecule has 0 saturated carbocycles. The molecule has 0 bridgehead atoms. The van der Waals surface area contributed by atoms with Gasteiger partial charge in [-0.05, 0) is 42.5 Å². The number of piperazine rings is 1. The number of hydrogen-bond donors (Lipinski definition) is 2. The number of amides is 1. The van der Waals surface area contributed by atoms with Gasteiger partial charge in [0.05, 0.1) is 18.1 Å². The lowest BCUT2D eigenvalue weighted by Gasteiger charge is -2.36. The molecule has 1 saturated heterocycles. The van der Waals surface area contributed by atoms with Crippen LogP contribution in [0.2, 0.25) is 0 Å². The second-order valence-corrected chi connectivity index (χ2v) is 6.32. The molecule has 1 fully saturated rings. The summed E-state index contributed by atoms with van der Waals surface area (Å²) in [6.45, 7) is 2.82. The average molecular weight is 352 g/mol. The summed E-state index contributed by atoms with van der Waals surface area (Å²) in [5.41, 5.74) is 3.11. The Morgan fingerprint density at radius 2 is 1.65 bits per heavy atom. The van der Waals surface area contributed by atoms with Gasteiger partial charge in [-0.2, -0.15) is 0 Å². The van der Waals surface area contributed by atoms with Crippen molar-refractivity contribution in [1.82, 2.24) is 14.9 Å². The summed E-state index contributed by atoms with van der Waals surface area (Å²) in [6.07, 6.45) is 0. The zero-order valence-electron chi connectivity index (χ0n) is 14.5. The van der Waals surface area contributed by atoms with Gasteiger partial charge >= 0.3 is 5.69 Å². The van der Waals surface area contributed by atoms with Crippen molar-refractivity contribution >= 4 is 22.6 Å². The molecule has 0 spiro atoms. The summed E-state index contributed by atoms with van der Waals surface area (Å²) in [7, 11) is 1.61. The van der Waals surface area contributed by atoms with Crippen LogP contribution >= 0.6 is 0 Å². The summed E-state index contributed by atoms with van der Waals surface area (Å²) >= 11 is 0. The Balaban J connectivity index is 1.43. The maximum atomic E-state index is 12.6. The van der Waals surface area contributed by atoms with E-state index in [2.05, 4.69) is 14.9 Å². The van der Waals surface area contributed by atoms with Crippen LogP contribution in [0.15, 0.2) is 47.3 Å². The first-order valence-corrected chi connectivity index (χ1v) is 8.54. The molecule has 0 aliphatic carbocycles. The van der Waals surface area contributed by atoms with Crippen molar-refractivity contribution in [1.29, 1.82) is 0 Å². The van der Waals surface area contributed by atoms with Crippen LogP contribution < -0.4 is 15.3 Å². The van der Waals surface area contributed by atoms with E-state index in [4.69, 9.17) is 4.74 Å². The van der Waals surface area contributed by atoms with Gasteiger partial charge in [0.15, 0.2) is 0 Å². The van der Waals surface area contributed by atoms with Gasteiger partial charge in [-0.25, -0.2) is 4.79 Å². The van der Waals surface area contributed by atoms with Crippen molar-refractivity contribution in [2.45, 2.75) is 0 Å². The molecule has 7 nitrogen and oxygen atoms in total. The minimum Gasteiger partial charge on any atom is -0.497 e. The van der Waals surface area contributed by atoms with Gasteiger partial charge in [0, 0.05) is 37.4 Å². The number of anilines is 1. The van der Waals surface area contributed by atoms with Gasteiger partial charge in [-0.1, -0.05) is 0 Å². The molecule has 4 rings (SSSR count). The van der Waals surface area contributed by atoms with Gasteiger partial charge in [0.1, 0.15) is 5.75 Å². The van der Waals surface area contributed by atoms with Crippen molar-refractivity contribution < 1.29 is 9.53 Å².